The van der Waals surface area contributed by atoms with Crippen LogP contribution in [0.5, 0.6) is 0 Å². The van der Waals surface area contributed by atoms with E-state index in [1.165, 1.54) is 10.6 Å². The molecular weight excluding hydrogens is 356 g/mol. The summed E-state index contributed by atoms with van der Waals surface area (Å²) in [5.41, 5.74) is 0. The molecule has 1 aliphatic rings. The molecule has 0 saturated carbocycles. The van der Waals surface area contributed by atoms with Crippen LogP contribution in [-0.4, -0.2) is 41.3 Å². The van der Waals surface area contributed by atoms with Crippen LogP contribution in [0.15, 0.2) is 40.4 Å². The summed E-state index contributed by atoms with van der Waals surface area (Å²) in [5.74, 6) is 0.132. The number of nitrogens with zero attached hydrogens (tertiary/aromatic N) is 3. The lowest BCUT2D eigenvalue weighted by Crippen LogP contribution is -2.45. The van der Waals surface area contributed by atoms with Gasteiger partial charge in [0.25, 0.3) is 10.0 Å². The van der Waals surface area contributed by atoms with Crippen LogP contribution in [0.1, 0.15) is 38.5 Å². The van der Waals surface area contributed by atoms with Crippen molar-refractivity contribution in [2.45, 2.75) is 44.3 Å². The summed E-state index contributed by atoms with van der Waals surface area (Å²) >= 11 is 0. The number of hydrogen-bond donors (Lipinski definition) is 1. The van der Waals surface area contributed by atoms with Crippen molar-refractivity contribution in [2.75, 3.05) is 13.1 Å². The molecule has 2 aromatic heterocycles. The van der Waals surface area contributed by atoms with E-state index in [1.807, 2.05) is 13.8 Å². The molecule has 26 heavy (non-hydrogen) atoms. The topological polar surface area (TPSA) is 97.4 Å². The van der Waals surface area contributed by atoms with E-state index >= 15 is 0 Å². The van der Waals surface area contributed by atoms with Gasteiger partial charge in [0.15, 0.2) is 5.03 Å². The average molecular weight is 380 g/mol. The highest BCUT2D eigenvalue weighted by Gasteiger charge is 2.34. The molecule has 1 N–H and O–H groups in total. The van der Waals surface area contributed by atoms with Crippen LogP contribution in [0.25, 0.3) is 0 Å². The van der Waals surface area contributed by atoms with E-state index in [2.05, 4.69) is 10.3 Å². The normalized spacial score (nSPS) is 19.0. The van der Waals surface area contributed by atoms with E-state index in [9.17, 15) is 13.2 Å². The predicted molar refractivity (Wildman–Crippen MR) is 94.6 cm³/mol. The first kappa shape index (κ1) is 18.7. The smallest absolute Gasteiger partial charge is 0.262 e. The summed E-state index contributed by atoms with van der Waals surface area (Å²) in [6, 6.07) is 3.67. The Morgan fingerprint density at radius 3 is 2.92 bits per heavy atom. The molecule has 1 fully saturated rings. The quantitative estimate of drug-likeness (QED) is 0.824. The number of rotatable bonds is 6. The second-order valence-corrected chi connectivity index (χ2v) is 8.64. The number of piperidine rings is 1. The highest BCUT2D eigenvalue weighted by Crippen LogP contribution is 2.23. The molecule has 1 aliphatic heterocycles. The van der Waals surface area contributed by atoms with Gasteiger partial charge in [-0.05, 0) is 38.8 Å². The minimum absolute atomic E-state index is 0.0304. The maximum absolute atomic E-state index is 12.8. The van der Waals surface area contributed by atoms with E-state index in [4.69, 9.17) is 4.42 Å². The van der Waals surface area contributed by atoms with Crippen LogP contribution in [0.3, 0.4) is 0 Å². The summed E-state index contributed by atoms with van der Waals surface area (Å²) < 4.78 is 34.0. The Bertz CT molecular complexity index is 842. The summed E-state index contributed by atoms with van der Waals surface area (Å²) in [4.78, 5) is 16.4. The molecule has 142 valence electrons. The van der Waals surface area contributed by atoms with Gasteiger partial charge < -0.3 is 14.3 Å². The molecule has 0 aromatic carbocycles. The van der Waals surface area contributed by atoms with Crippen LogP contribution in [0.2, 0.25) is 0 Å². The first-order valence-corrected chi connectivity index (χ1v) is 10.2. The third kappa shape index (κ3) is 3.99. The Labute approximate surface area is 153 Å². The molecule has 0 bridgehead atoms. The zero-order valence-electron chi connectivity index (χ0n) is 15.0. The molecule has 1 saturated heterocycles. The van der Waals surface area contributed by atoms with Crippen LogP contribution >= 0.6 is 0 Å². The lowest BCUT2D eigenvalue weighted by Gasteiger charge is -2.30. The number of aromatic nitrogens is 2. The molecule has 0 spiro atoms. The molecule has 0 aliphatic carbocycles. The summed E-state index contributed by atoms with van der Waals surface area (Å²) in [6.07, 6.45) is 5.92. The highest BCUT2D eigenvalue weighted by atomic mass is 32.2. The number of hydrogen-bond acceptors (Lipinski definition) is 5. The SMILES string of the molecule is CC(C)n1cnc(S(=O)(=O)N2CCCC(C(=O)NCc3ccco3)C2)c1. The first-order chi connectivity index (χ1) is 12.4. The van der Waals surface area contributed by atoms with Crippen molar-refractivity contribution in [3.8, 4) is 0 Å². The molecule has 8 nitrogen and oxygen atoms in total. The van der Waals surface area contributed by atoms with Gasteiger partial charge >= 0.3 is 0 Å². The van der Waals surface area contributed by atoms with Gasteiger partial charge in [-0.25, -0.2) is 13.4 Å². The first-order valence-electron chi connectivity index (χ1n) is 8.71. The van der Waals surface area contributed by atoms with Crippen molar-refractivity contribution in [2.24, 2.45) is 5.92 Å². The van der Waals surface area contributed by atoms with Crippen LogP contribution in [0, 0.1) is 5.92 Å². The number of imidazole rings is 1. The minimum atomic E-state index is -3.70. The van der Waals surface area contributed by atoms with Crippen molar-refractivity contribution in [3.05, 3.63) is 36.7 Å². The van der Waals surface area contributed by atoms with Crippen LogP contribution < -0.4 is 5.32 Å². The van der Waals surface area contributed by atoms with Gasteiger partial charge in [0.05, 0.1) is 25.1 Å². The number of sulfonamides is 1. The molecule has 3 heterocycles. The minimum Gasteiger partial charge on any atom is -0.467 e. The lowest BCUT2D eigenvalue weighted by molar-refractivity contribution is -0.126. The van der Waals surface area contributed by atoms with Gasteiger partial charge in [0.2, 0.25) is 5.91 Å². The second kappa shape index (κ2) is 7.63. The molecule has 2 aromatic rings. The van der Waals surface area contributed by atoms with Gasteiger partial charge in [0.1, 0.15) is 5.76 Å². The van der Waals surface area contributed by atoms with Crippen molar-refractivity contribution in [3.63, 3.8) is 0 Å². The predicted octanol–water partition coefficient (Wildman–Crippen LogP) is 1.77. The van der Waals surface area contributed by atoms with Crippen LogP contribution in [0.4, 0.5) is 0 Å². The summed E-state index contributed by atoms with van der Waals surface area (Å²) in [7, 11) is -3.70. The number of carbonyl (C=O) groups is 1. The van der Waals surface area contributed by atoms with Crippen LogP contribution in [-0.2, 0) is 21.4 Å². The van der Waals surface area contributed by atoms with E-state index < -0.39 is 10.0 Å². The van der Waals surface area contributed by atoms with Crippen molar-refractivity contribution < 1.29 is 17.6 Å². The van der Waals surface area contributed by atoms with Gasteiger partial charge in [-0.1, -0.05) is 0 Å². The number of furan rings is 1. The van der Waals surface area contributed by atoms with Gasteiger partial charge in [0, 0.05) is 25.3 Å². The zero-order valence-corrected chi connectivity index (χ0v) is 15.8. The fraction of sp³-hybridized carbons (Fsp3) is 0.529. The fourth-order valence-corrected chi connectivity index (χ4v) is 4.42. The van der Waals surface area contributed by atoms with E-state index in [-0.39, 0.29) is 29.4 Å². The van der Waals surface area contributed by atoms with Gasteiger partial charge in [-0.3, -0.25) is 4.79 Å². The molecule has 9 heteroatoms. The Hall–Kier alpha value is -2.13. The molecule has 0 radical (unpaired) electrons. The van der Waals surface area contributed by atoms with Crippen molar-refractivity contribution in [1.29, 1.82) is 0 Å². The third-order valence-corrected chi connectivity index (χ3v) is 6.30. The largest absolute Gasteiger partial charge is 0.467 e. The van der Waals surface area contributed by atoms with E-state index in [0.29, 0.717) is 31.7 Å². The molecule has 1 atom stereocenters. The zero-order chi connectivity index (χ0) is 18.7. The molecule has 3 rings (SSSR count). The van der Waals surface area contributed by atoms with Gasteiger partial charge in [-0.2, -0.15) is 4.31 Å². The van der Waals surface area contributed by atoms with E-state index in [1.54, 1.807) is 29.2 Å². The monoisotopic (exact) mass is 380 g/mol. The number of nitrogens with one attached hydrogen (secondary N) is 1. The summed E-state index contributed by atoms with van der Waals surface area (Å²) in [6.45, 7) is 4.78. The number of amides is 1. The third-order valence-electron chi connectivity index (χ3n) is 4.55. The Balaban J connectivity index is 1.65. The molecule has 1 unspecified atom stereocenters. The standard InChI is InChI=1S/C17H24N4O4S/c1-13(2)20-11-16(19-12-20)26(23,24)21-7-3-5-14(10-21)17(22)18-9-15-6-4-8-25-15/h4,6,8,11-14H,3,5,7,9-10H2,1-2H3,(H,18,22). The average Bonchev–Trinajstić information content (AvgIpc) is 3.31. The maximum Gasteiger partial charge on any atom is 0.262 e. The molecular formula is C17H24N4O4S. The van der Waals surface area contributed by atoms with Gasteiger partial charge in [-0.15, -0.1) is 0 Å². The number of carbonyl (C=O) groups excluding carboxylic acids is 1. The lowest BCUT2D eigenvalue weighted by atomic mass is 9.99. The van der Waals surface area contributed by atoms with E-state index in [0.717, 1.165) is 0 Å². The van der Waals surface area contributed by atoms with Crippen molar-refractivity contribution in [1.82, 2.24) is 19.2 Å². The highest BCUT2D eigenvalue weighted by molar-refractivity contribution is 7.89. The Kier molecular flexibility index (Phi) is 5.47. The maximum atomic E-state index is 12.8. The molecule has 1 amide bonds. The Morgan fingerprint density at radius 1 is 1.46 bits per heavy atom. The second-order valence-electron chi connectivity index (χ2n) is 6.75. The summed E-state index contributed by atoms with van der Waals surface area (Å²) in [5, 5.41) is 2.84. The fourth-order valence-electron chi connectivity index (χ4n) is 2.97. The van der Waals surface area contributed by atoms with Crippen molar-refractivity contribution >= 4 is 15.9 Å². The Morgan fingerprint density at radius 2 is 2.27 bits per heavy atom.